The molecule has 25 heavy (non-hydrogen) atoms. The number of carbonyl (C=O) groups is 2. The summed E-state index contributed by atoms with van der Waals surface area (Å²) in [7, 11) is 1.48. The Labute approximate surface area is 144 Å². The fraction of sp³-hybridized carbons (Fsp3) is 0.0476. The lowest BCUT2D eigenvalue weighted by Gasteiger charge is -2.18. The number of hydrogen-bond acceptors (Lipinski definition) is 4. The number of carbonyl (C=O) groups excluding carboxylic acids is 2. The smallest absolute Gasteiger partial charge is 0.194 e. The number of rotatable bonds is 2. The second-order valence-corrected chi connectivity index (χ2v) is 5.85. The number of ketones is 2. The molecule has 4 heteroatoms. The molecule has 0 spiro atoms. The molecule has 1 aliphatic rings. The Bertz CT molecular complexity index is 1030. The van der Waals surface area contributed by atoms with Crippen molar-refractivity contribution in [1.82, 2.24) is 0 Å². The van der Waals surface area contributed by atoms with Gasteiger partial charge in [0.05, 0.1) is 7.11 Å². The minimum absolute atomic E-state index is 0.0457. The first kappa shape index (κ1) is 15.1. The summed E-state index contributed by atoms with van der Waals surface area (Å²) in [4.78, 5) is 25.4. The van der Waals surface area contributed by atoms with Gasteiger partial charge in [-0.15, -0.1) is 0 Å². The molecule has 4 rings (SSSR count). The van der Waals surface area contributed by atoms with Gasteiger partial charge < -0.3 is 9.84 Å². The maximum absolute atomic E-state index is 12.8. The molecular weight excluding hydrogens is 316 g/mol. The molecule has 3 aromatic carbocycles. The molecule has 0 saturated heterocycles. The highest BCUT2D eigenvalue weighted by molar-refractivity contribution is 6.28. The van der Waals surface area contributed by atoms with E-state index in [1.54, 1.807) is 54.6 Å². The van der Waals surface area contributed by atoms with Crippen LogP contribution >= 0.6 is 0 Å². The molecule has 0 aliphatic heterocycles. The molecule has 0 aromatic heterocycles. The van der Waals surface area contributed by atoms with Crippen molar-refractivity contribution < 1.29 is 19.4 Å². The third kappa shape index (κ3) is 2.31. The summed E-state index contributed by atoms with van der Waals surface area (Å²) >= 11 is 0. The number of aromatic hydroxyl groups is 1. The van der Waals surface area contributed by atoms with Crippen molar-refractivity contribution in [2.24, 2.45) is 0 Å². The molecule has 0 saturated carbocycles. The van der Waals surface area contributed by atoms with E-state index in [9.17, 15) is 14.7 Å². The minimum Gasteiger partial charge on any atom is -0.504 e. The van der Waals surface area contributed by atoms with Crippen LogP contribution in [-0.4, -0.2) is 23.8 Å². The van der Waals surface area contributed by atoms with Crippen LogP contribution in [0.3, 0.4) is 0 Å². The van der Waals surface area contributed by atoms with Crippen molar-refractivity contribution in [3.05, 3.63) is 82.9 Å². The number of phenolic OH excluding ortho intramolecular Hbond substituents is 1. The van der Waals surface area contributed by atoms with Gasteiger partial charge in [-0.25, -0.2) is 0 Å². The fourth-order valence-corrected chi connectivity index (χ4v) is 3.14. The Balaban J connectivity index is 1.86. The first-order valence-electron chi connectivity index (χ1n) is 7.80. The average molecular weight is 330 g/mol. The summed E-state index contributed by atoms with van der Waals surface area (Å²) in [5, 5.41) is 9.74. The number of phenols is 1. The SMILES string of the molecule is COc1cc(-c2ccc3c(c2)C(=O)c2ccccc2C3=O)ccc1O. The standard InChI is InChI=1S/C21H14O4/c1-25-19-11-13(7-9-18(19)22)12-6-8-16-17(10-12)21(24)15-5-3-2-4-14(15)20(16)23/h2-11,22H,1H3. The first-order valence-corrected chi connectivity index (χ1v) is 7.80. The molecule has 0 unspecified atom stereocenters. The maximum Gasteiger partial charge on any atom is 0.194 e. The second kappa shape index (κ2) is 5.60. The minimum atomic E-state index is -0.155. The molecule has 122 valence electrons. The van der Waals surface area contributed by atoms with E-state index < -0.39 is 0 Å². The first-order chi connectivity index (χ1) is 12.1. The van der Waals surface area contributed by atoms with Gasteiger partial charge in [-0.05, 0) is 35.4 Å². The van der Waals surface area contributed by atoms with Crippen molar-refractivity contribution in [3.63, 3.8) is 0 Å². The van der Waals surface area contributed by atoms with Crippen LogP contribution < -0.4 is 4.74 Å². The van der Waals surface area contributed by atoms with Gasteiger partial charge in [0.15, 0.2) is 23.1 Å². The Morgan fingerprint density at radius 3 is 1.96 bits per heavy atom. The summed E-state index contributed by atoms with van der Waals surface area (Å²) in [6.45, 7) is 0. The lowest BCUT2D eigenvalue weighted by molar-refractivity contribution is 0.0979. The normalized spacial score (nSPS) is 12.5. The molecule has 0 amide bonds. The number of ether oxygens (including phenoxy) is 1. The van der Waals surface area contributed by atoms with Gasteiger partial charge in [0, 0.05) is 22.3 Å². The van der Waals surface area contributed by atoms with Gasteiger partial charge in [0.2, 0.25) is 0 Å². The topological polar surface area (TPSA) is 63.6 Å². The molecule has 4 nitrogen and oxygen atoms in total. The van der Waals surface area contributed by atoms with Gasteiger partial charge in [-0.3, -0.25) is 9.59 Å². The van der Waals surface area contributed by atoms with Crippen LogP contribution in [0.2, 0.25) is 0 Å². The van der Waals surface area contributed by atoms with Crippen molar-refractivity contribution >= 4 is 11.6 Å². The predicted molar refractivity (Wildman–Crippen MR) is 93.4 cm³/mol. The van der Waals surface area contributed by atoms with Gasteiger partial charge in [-0.2, -0.15) is 0 Å². The van der Waals surface area contributed by atoms with Crippen LogP contribution in [0, 0.1) is 0 Å². The van der Waals surface area contributed by atoms with Gasteiger partial charge in [-0.1, -0.05) is 36.4 Å². The van der Waals surface area contributed by atoms with Crippen molar-refractivity contribution in [2.75, 3.05) is 7.11 Å². The fourth-order valence-electron chi connectivity index (χ4n) is 3.14. The zero-order valence-corrected chi connectivity index (χ0v) is 13.4. The van der Waals surface area contributed by atoms with Crippen molar-refractivity contribution in [1.29, 1.82) is 0 Å². The molecule has 3 aromatic rings. The van der Waals surface area contributed by atoms with E-state index >= 15 is 0 Å². The van der Waals surface area contributed by atoms with E-state index in [2.05, 4.69) is 0 Å². The van der Waals surface area contributed by atoms with Crippen molar-refractivity contribution in [3.8, 4) is 22.6 Å². The maximum atomic E-state index is 12.8. The van der Waals surface area contributed by atoms with Gasteiger partial charge in [0.25, 0.3) is 0 Å². The van der Waals surface area contributed by atoms with E-state index in [4.69, 9.17) is 4.74 Å². The zero-order valence-electron chi connectivity index (χ0n) is 13.4. The highest BCUT2D eigenvalue weighted by Gasteiger charge is 2.29. The quantitative estimate of drug-likeness (QED) is 0.606. The molecule has 1 N–H and O–H groups in total. The number of benzene rings is 3. The summed E-state index contributed by atoms with van der Waals surface area (Å²) in [6, 6.07) is 17.0. The highest BCUT2D eigenvalue weighted by atomic mass is 16.5. The van der Waals surface area contributed by atoms with Gasteiger partial charge >= 0.3 is 0 Å². The monoisotopic (exact) mass is 330 g/mol. The lowest BCUT2D eigenvalue weighted by Crippen LogP contribution is -2.20. The zero-order chi connectivity index (χ0) is 17.6. The summed E-state index contributed by atoms with van der Waals surface area (Å²) in [6.07, 6.45) is 0. The number of methoxy groups -OCH3 is 1. The molecule has 0 radical (unpaired) electrons. The Kier molecular flexibility index (Phi) is 3.39. The third-order valence-electron chi connectivity index (χ3n) is 4.44. The van der Waals surface area contributed by atoms with Crippen LogP contribution in [-0.2, 0) is 0 Å². The molecule has 0 heterocycles. The summed E-state index contributed by atoms with van der Waals surface area (Å²) in [5.74, 6) is 0.102. The Hall–Kier alpha value is -3.40. The molecule has 0 bridgehead atoms. The summed E-state index contributed by atoms with van der Waals surface area (Å²) < 4.78 is 5.13. The lowest BCUT2D eigenvalue weighted by atomic mass is 9.83. The molecule has 1 aliphatic carbocycles. The Morgan fingerprint density at radius 2 is 1.28 bits per heavy atom. The van der Waals surface area contributed by atoms with E-state index in [1.807, 2.05) is 0 Å². The third-order valence-corrected chi connectivity index (χ3v) is 4.44. The van der Waals surface area contributed by atoms with E-state index in [1.165, 1.54) is 13.2 Å². The van der Waals surface area contributed by atoms with E-state index in [-0.39, 0.29) is 17.3 Å². The number of fused-ring (bicyclic) bond motifs is 2. The van der Waals surface area contributed by atoms with Gasteiger partial charge in [0.1, 0.15) is 0 Å². The molecular formula is C21H14O4. The molecule has 0 atom stereocenters. The Morgan fingerprint density at radius 1 is 0.720 bits per heavy atom. The van der Waals surface area contributed by atoms with Crippen LogP contribution in [0.15, 0.2) is 60.7 Å². The van der Waals surface area contributed by atoms with Crippen molar-refractivity contribution in [2.45, 2.75) is 0 Å². The predicted octanol–water partition coefficient (Wildman–Crippen LogP) is 3.84. The average Bonchev–Trinajstić information content (AvgIpc) is 2.66. The van der Waals surface area contributed by atoms with E-state index in [0.29, 0.717) is 28.0 Å². The summed E-state index contributed by atoms with van der Waals surface area (Å²) in [5.41, 5.74) is 3.25. The van der Waals surface area contributed by atoms with Crippen LogP contribution in [0.4, 0.5) is 0 Å². The van der Waals surface area contributed by atoms with Crippen LogP contribution in [0.1, 0.15) is 31.8 Å². The highest BCUT2D eigenvalue weighted by Crippen LogP contribution is 2.34. The van der Waals surface area contributed by atoms with E-state index in [0.717, 1.165) is 11.1 Å². The molecule has 0 fully saturated rings. The second-order valence-electron chi connectivity index (χ2n) is 5.85. The largest absolute Gasteiger partial charge is 0.504 e. The number of hydrogen-bond donors (Lipinski definition) is 1. The van der Waals surface area contributed by atoms with Crippen LogP contribution in [0.25, 0.3) is 11.1 Å². The van der Waals surface area contributed by atoms with Crippen LogP contribution in [0.5, 0.6) is 11.5 Å².